The van der Waals surface area contributed by atoms with Crippen LogP contribution in [-0.2, 0) is 4.43 Å². The van der Waals surface area contributed by atoms with Crippen LogP contribution in [0, 0.1) is 6.92 Å². The predicted molar refractivity (Wildman–Crippen MR) is 98.8 cm³/mol. The number of halogens is 1. The SMILES string of the molecule is COc1ccc(-n2c(CI)c(C)c3ccc(OC)cc32)cc1. The molecule has 1 heterocycles. The van der Waals surface area contributed by atoms with Crippen molar-refractivity contribution in [2.45, 2.75) is 11.4 Å². The maximum atomic E-state index is 5.40. The molecule has 0 unspecified atom stereocenters. The fourth-order valence-electron chi connectivity index (χ4n) is 2.80. The standard InChI is InChI=1S/C18H18INO2/c1-12-16-9-8-15(22-3)10-17(16)20(18(12)11-19)13-4-6-14(21-2)7-5-13/h4-10H,11H2,1-3H3. The van der Waals surface area contributed by atoms with E-state index in [2.05, 4.69) is 58.3 Å². The fourth-order valence-corrected chi connectivity index (χ4v) is 3.71. The summed E-state index contributed by atoms with van der Waals surface area (Å²) in [6, 6.07) is 14.4. The zero-order valence-corrected chi connectivity index (χ0v) is 15.0. The zero-order chi connectivity index (χ0) is 15.7. The molecule has 4 heteroatoms. The van der Waals surface area contributed by atoms with Crippen LogP contribution in [0.4, 0.5) is 0 Å². The van der Waals surface area contributed by atoms with Crippen molar-refractivity contribution in [3.63, 3.8) is 0 Å². The van der Waals surface area contributed by atoms with Gasteiger partial charge in [0.15, 0.2) is 0 Å². The number of alkyl halides is 1. The Morgan fingerprint density at radius 1 is 0.955 bits per heavy atom. The van der Waals surface area contributed by atoms with E-state index in [1.807, 2.05) is 18.2 Å². The highest BCUT2D eigenvalue weighted by molar-refractivity contribution is 14.1. The second kappa shape index (κ2) is 6.20. The van der Waals surface area contributed by atoms with E-state index in [0.29, 0.717) is 0 Å². The van der Waals surface area contributed by atoms with E-state index < -0.39 is 0 Å². The number of methoxy groups -OCH3 is 2. The second-order valence-corrected chi connectivity index (χ2v) is 5.88. The van der Waals surface area contributed by atoms with Crippen molar-refractivity contribution in [3.05, 3.63) is 53.7 Å². The first-order valence-electron chi connectivity index (χ1n) is 7.08. The van der Waals surface area contributed by atoms with Crippen LogP contribution in [-0.4, -0.2) is 18.8 Å². The summed E-state index contributed by atoms with van der Waals surface area (Å²) in [4.78, 5) is 0. The maximum Gasteiger partial charge on any atom is 0.120 e. The summed E-state index contributed by atoms with van der Waals surface area (Å²) in [6.45, 7) is 2.18. The highest BCUT2D eigenvalue weighted by Gasteiger charge is 2.15. The summed E-state index contributed by atoms with van der Waals surface area (Å²) in [5.74, 6) is 1.74. The van der Waals surface area contributed by atoms with Crippen LogP contribution in [0.25, 0.3) is 16.6 Å². The molecule has 22 heavy (non-hydrogen) atoms. The van der Waals surface area contributed by atoms with Gasteiger partial charge >= 0.3 is 0 Å². The van der Waals surface area contributed by atoms with Crippen molar-refractivity contribution in [1.29, 1.82) is 0 Å². The van der Waals surface area contributed by atoms with Crippen LogP contribution in [0.2, 0.25) is 0 Å². The van der Waals surface area contributed by atoms with Crippen LogP contribution >= 0.6 is 22.6 Å². The van der Waals surface area contributed by atoms with Crippen molar-refractivity contribution in [1.82, 2.24) is 4.57 Å². The molecule has 0 aliphatic rings. The largest absolute Gasteiger partial charge is 0.497 e. The lowest BCUT2D eigenvalue weighted by atomic mass is 10.1. The minimum atomic E-state index is 0.866. The predicted octanol–water partition coefficient (Wildman–Crippen LogP) is 4.89. The lowest BCUT2D eigenvalue weighted by molar-refractivity contribution is 0.414. The molecule has 114 valence electrons. The molecule has 0 fully saturated rings. The van der Waals surface area contributed by atoms with Gasteiger partial charge in [-0.15, -0.1) is 0 Å². The van der Waals surface area contributed by atoms with Gasteiger partial charge in [-0.1, -0.05) is 22.6 Å². The first-order chi connectivity index (χ1) is 10.7. The van der Waals surface area contributed by atoms with Crippen molar-refractivity contribution < 1.29 is 9.47 Å². The molecule has 0 aliphatic heterocycles. The van der Waals surface area contributed by atoms with Crippen molar-refractivity contribution in [3.8, 4) is 17.2 Å². The number of benzene rings is 2. The highest BCUT2D eigenvalue weighted by atomic mass is 127. The van der Waals surface area contributed by atoms with E-state index in [0.717, 1.165) is 21.6 Å². The minimum absolute atomic E-state index is 0.866. The van der Waals surface area contributed by atoms with Crippen LogP contribution in [0.5, 0.6) is 11.5 Å². The van der Waals surface area contributed by atoms with Gasteiger partial charge in [0.1, 0.15) is 11.5 Å². The van der Waals surface area contributed by atoms with Gasteiger partial charge in [-0.2, -0.15) is 0 Å². The number of ether oxygens (including phenoxy) is 2. The molecule has 0 N–H and O–H groups in total. The first kappa shape index (κ1) is 15.2. The van der Waals surface area contributed by atoms with Crippen LogP contribution in [0.3, 0.4) is 0 Å². The highest BCUT2D eigenvalue weighted by Crippen LogP contribution is 2.33. The van der Waals surface area contributed by atoms with E-state index in [4.69, 9.17) is 9.47 Å². The number of aryl methyl sites for hydroxylation is 1. The molecule has 3 rings (SSSR count). The molecule has 0 saturated heterocycles. The lowest BCUT2D eigenvalue weighted by Crippen LogP contribution is -1.99. The Morgan fingerprint density at radius 3 is 2.18 bits per heavy atom. The van der Waals surface area contributed by atoms with Gasteiger partial charge in [0.05, 0.1) is 19.7 Å². The fraction of sp³-hybridized carbons (Fsp3) is 0.222. The number of rotatable bonds is 4. The van der Waals surface area contributed by atoms with E-state index in [-0.39, 0.29) is 0 Å². The molecule has 3 nitrogen and oxygen atoms in total. The molecule has 0 spiro atoms. The van der Waals surface area contributed by atoms with Gasteiger partial charge in [-0.25, -0.2) is 0 Å². The number of nitrogens with zero attached hydrogens (tertiary/aromatic N) is 1. The minimum Gasteiger partial charge on any atom is -0.497 e. The molecule has 0 atom stereocenters. The number of fused-ring (bicyclic) bond motifs is 1. The summed E-state index contributed by atoms with van der Waals surface area (Å²) in [5.41, 5.74) is 4.95. The third-order valence-electron chi connectivity index (χ3n) is 4.01. The van der Waals surface area contributed by atoms with Crippen molar-refractivity contribution in [2.24, 2.45) is 0 Å². The average Bonchev–Trinajstić information content (AvgIpc) is 2.86. The number of aromatic nitrogens is 1. The molecule has 0 amide bonds. The van der Waals surface area contributed by atoms with Gasteiger partial charge in [-0.05, 0) is 48.9 Å². The number of hydrogen-bond acceptors (Lipinski definition) is 2. The zero-order valence-electron chi connectivity index (χ0n) is 12.9. The van der Waals surface area contributed by atoms with Crippen LogP contribution in [0.1, 0.15) is 11.3 Å². The second-order valence-electron chi connectivity index (χ2n) is 5.12. The molecular formula is C18H18INO2. The van der Waals surface area contributed by atoms with E-state index in [9.17, 15) is 0 Å². The Hall–Kier alpha value is -1.69. The topological polar surface area (TPSA) is 23.4 Å². The lowest BCUT2D eigenvalue weighted by Gasteiger charge is -2.11. The summed E-state index contributed by atoms with van der Waals surface area (Å²) in [5, 5.41) is 1.27. The van der Waals surface area contributed by atoms with Crippen LogP contribution in [0.15, 0.2) is 42.5 Å². The maximum absolute atomic E-state index is 5.40. The first-order valence-corrected chi connectivity index (χ1v) is 8.60. The molecule has 2 aromatic carbocycles. The summed E-state index contributed by atoms with van der Waals surface area (Å²) in [7, 11) is 3.39. The van der Waals surface area contributed by atoms with E-state index in [1.54, 1.807) is 14.2 Å². The smallest absolute Gasteiger partial charge is 0.120 e. The van der Waals surface area contributed by atoms with Gasteiger partial charge < -0.3 is 14.0 Å². The molecule has 3 aromatic rings. The molecule has 1 aromatic heterocycles. The van der Waals surface area contributed by atoms with Crippen LogP contribution < -0.4 is 9.47 Å². The summed E-state index contributed by atoms with van der Waals surface area (Å²) >= 11 is 2.42. The third-order valence-corrected chi connectivity index (χ3v) is 4.73. The molecule has 0 bridgehead atoms. The quantitative estimate of drug-likeness (QED) is 0.454. The van der Waals surface area contributed by atoms with Gasteiger partial charge in [0, 0.05) is 27.3 Å². The molecule has 0 saturated carbocycles. The third kappa shape index (κ3) is 2.45. The Kier molecular flexibility index (Phi) is 4.29. The molecule has 0 aliphatic carbocycles. The van der Waals surface area contributed by atoms with Crippen molar-refractivity contribution >= 4 is 33.5 Å². The Bertz CT molecular complexity index is 806. The molecule has 0 radical (unpaired) electrons. The summed E-state index contributed by atoms with van der Waals surface area (Å²) < 4.78 is 13.9. The Balaban J connectivity index is 2.29. The Labute approximate surface area is 144 Å². The Morgan fingerprint density at radius 2 is 1.59 bits per heavy atom. The van der Waals surface area contributed by atoms with Gasteiger partial charge in [0.25, 0.3) is 0 Å². The van der Waals surface area contributed by atoms with E-state index >= 15 is 0 Å². The van der Waals surface area contributed by atoms with Crippen molar-refractivity contribution in [2.75, 3.05) is 14.2 Å². The van der Waals surface area contributed by atoms with Gasteiger partial charge in [-0.3, -0.25) is 0 Å². The van der Waals surface area contributed by atoms with E-state index in [1.165, 1.54) is 22.2 Å². The number of hydrogen-bond donors (Lipinski definition) is 0. The average molecular weight is 407 g/mol. The monoisotopic (exact) mass is 407 g/mol. The van der Waals surface area contributed by atoms with Gasteiger partial charge in [0.2, 0.25) is 0 Å². The normalized spacial score (nSPS) is 10.9. The molecular weight excluding hydrogens is 389 g/mol. The summed E-state index contributed by atoms with van der Waals surface area (Å²) in [6.07, 6.45) is 0.